The van der Waals surface area contributed by atoms with Gasteiger partial charge in [0.2, 0.25) is 0 Å². The SMILES string of the molecule is CCC(C)C(=O)OC1CC(N)CC(CC)C1C(CCC1OCCC1O)C(C)C. The van der Waals surface area contributed by atoms with Crippen molar-refractivity contribution in [2.75, 3.05) is 6.61 Å². The lowest BCUT2D eigenvalue weighted by atomic mass is 9.64. The van der Waals surface area contributed by atoms with E-state index in [1.165, 1.54) is 0 Å². The number of aliphatic hydroxyl groups is 1. The molecule has 2 rings (SSSR count). The van der Waals surface area contributed by atoms with Gasteiger partial charge in [0.05, 0.1) is 18.1 Å². The second kappa shape index (κ2) is 10.9. The summed E-state index contributed by atoms with van der Waals surface area (Å²) in [6, 6.07) is 0.101. The van der Waals surface area contributed by atoms with Gasteiger partial charge in [0.25, 0.3) is 0 Å². The maximum atomic E-state index is 12.6. The average molecular weight is 398 g/mol. The maximum absolute atomic E-state index is 12.6. The molecule has 5 nitrogen and oxygen atoms in total. The summed E-state index contributed by atoms with van der Waals surface area (Å²) in [5.74, 6) is 1.56. The van der Waals surface area contributed by atoms with Gasteiger partial charge in [0.15, 0.2) is 0 Å². The summed E-state index contributed by atoms with van der Waals surface area (Å²) >= 11 is 0. The van der Waals surface area contributed by atoms with Gasteiger partial charge in [0, 0.05) is 18.6 Å². The second-order valence-electron chi connectivity index (χ2n) is 9.51. The van der Waals surface area contributed by atoms with Gasteiger partial charge >= 0.3 is 5.97 Å². The normalized spacial score (nSPS) is 35.7. The van der Waals surface area contributed by atoms with E-state index in [1.807, 2.05) is 13.8 Å². The van der Waals surface area contributed by atoms with Crippen LogP contribution in [0.15, 0.2) is 0 Å². The molecule has 1 aliphatic heterocycles. The maximum Gasteiger partial charge on any atom is 0.308 e. The Bertz CT molecular complexity index is 483. The molecule has 28 heavy (non-hydrogen) atoms. The van der Waals surface area contributed by atoms with Gasteiger partial charge < -0.3 is 20.3 Å². The zero-order valence-electron chi connectivity index (χ0n) is 18.6. The highest BCUT2D eigenvalue weighted by molar-refractivity contribution is 5.72. The number of hydrogen-bond donors (Lipinski definition) is 2. The van der Waals surface area contributed by atoms with Crippen LogP contribution in [-0.2, 0) is 14.3 Å². The molecule has 8 unspecified atom stereocenters. The summed E-state index contributed by atoms with van der Waals surface area (Å²) in [6.07, 6.45) is 5.73. The minimum Gasteiger partial charge on any atom is -0.462 e. The third kappa shape index (κ3) is 5.93. The first-order valence-electron chi connectivity index (χ1n) is 11.5. The zero-order chi connectivity index (χ0) is 20.8. The largest absolute Gasteiger partial charge is 0.462 e. The van der Waals surface area contributed by atoms with Crippen LogP contribution in [-0.4, -0.2) is 42.0 Å². The highest BCUT2D eigenvalue weighted by atomic mass is 16.5. The third-order valence-electron chi connectivity index (χ3n) is 7.23. The van der Waals surface area contributed by atoms with E-state index in [0.29, 0.717) is 30.3 Å². The van der Waals surface area contributed by atoms with Gasteiger partial charge in [-0.3, -0.25) is 4.79 Å². The first-order valence-corrected chi connectivity index (χ1v) is 11.5. The van der Waals surface area contributed by atoms with E-state index in [1.54, 1.807) is 0 Å². The molecular formula is C23H43NO4. The lowest BCUT2D eigenvalue weighted by molar-refractivity contribution is -0.163. The van der Waals surface area contributed by atoms with Crippen LogP contribution in [0.3, 0.4) is 0 Å². The van der Waals surface area contributed by atoms with Gasteiger partial charge in [-0.1, -0.05) is 41.0 Å². The molecule has 0 spiro atoms. The van der Waals surface area contributed by atoms with Crippen molar-refractivity contribution >= 4 is 5.97 Å². The van der Waals surface area contributed by atoms with E-state index >= 15 is 0 Å². The fraction of sp³-hybridized carbons (Fsp3) is 0.957. The molecule has 8 atom stereocenters. The number of nitrogens with two attached hydrogens (primary N) is 1. The number of hydrogen-bond acceptors (Lipinski definition) is 5. The predicted octanol–water partition coefficient (Wildman–Crippen LogP) is 3.91. The van der Waals surface area contributed by atoms with Crippen LogP contribution in [0.5, 0.6) is 0 Å². The molecule has 1 saturated carbocycles. The Labute approximate surface area is 171 Å². The van der Waals surface area contributed by atoms with Crippen LogP contribution in [0.25, 0.3) is 0 Å². The number of rotatable bonds is 9. The summed E-state index contributed by atoms with van der Waals surface area (Å²) in [5.41, 5.74) is 6.36. The molecule has 164 valence electrons. The fourth-order valence-electron chi connectivity index (χ4n) is 5.26. The number of carbonyl (C=O) groups excluding carboxylic acids is 1. The van der Waals surface area contributed by atoms with Crippen LogP contribution in [0.2, 0.25) is 0 Å². The van der Waals surface area contributed by atoms with Gasteiger partial charge in [-0.2, -0.15) is 0 Å². The Kier molecular flexibility index (Phi) is 9.23. The van der Waals surface area contributed by atoms with Crippen molar-refractivity contribution in [3.8, 4) is 0 Å². The molecule has 1 aliphatic carbocycles. The lowest BCUT2D eigenvalue weighted by Crippen LogP contribution is -2.48. The quantitative estimate of drug-likeness (QED) is 0.577. The van der Waals surface area contributed by atoms with Gasteiger partial charge in [-0.15, -0.1) is 0 Å². The van der Waals surface area contributed by atoms with E-state index in [9.17, 15) is 9.90 Å². The molecule has 0 amide bonds. The molecule has 0 radical (unpaired) electrons. The smallest absolute Gasteiger partial charge is 0.308 e. The monoisotopic (exact) mass is 397 g/mol. The third-order valence-corrected chi connectivity index (χ3v) is 7.23. The van der Waals surface area contributed by atoms with E-state index in [0.717, 1.165) is 44.9 Å². The van der Waals surface area contributed by atoms with Crippen molar-refractivity contribution in [3.05, 3.63) is 0 Å². The van der Waals surface area contributed by atoms with Crippen molar-refractivity contribution in [2.45, 2.75) is 104 Å². The first-order chi connectivity index (χ1) is 13.3. The van der Waals surface area contributed by atoms with Crippen molar-refractivity contribution < 1.29 is 19.4 Å². The average Bonchev–Trinajstić information content (AvgIpc) is 3.06. The van der Waals surface area contributed by atoms with E-state index in [2.05, 4.69) is 20.8 Å². The van der Waals surface area contributed by atoms with E-state index < -0.39 is 0 Å². The second-order valence-corrected chi connectivity index (χ2v) is 9.51. The van der Waals surface area contributed by atoms with Crippen LogP contribution in [0.4, 0.5) is 0 Å². The molecule has 0 aromatic heterocycles. The van der Waals surface area contributed by atoms with Crippen LogP contribution < -0.4 is 5.73 Å². The van der Waals surface area contributed by atoms with Gasteiger partial charge in [-0.05, 0) is 56.3 Å². The lowest BCUT2D eigenvalue weighted by Gasteiger charge is -2.46. The van der Waals surface area contributed by atoms with Gasteiger partial charge in [0.1, 0.15) is 6.10 Å². The molecule has 2 aliphatic rings. The Morgan fingerprint density at radius 1 is 1.25 bits per heavy atom. The number of ether oxygens (including phenoxy) is 2. The minimum absolute atomic E-state index is 0.0479. The molecule has 1 saturated heterocycles. The summed E-state index contributed by atoms with van der Waals surface area (Å²) in [6.45, 7) is 11.4. The van der Waals surface area contributed by atoms with Crippen LogP contribution in [0, 0.1) is 29.6 Å². The van der Waals surface area contributed by atoms with Gasteiger partial charge in [-0.25, -0.2) is 0 Å². The highest BCUT2D eigenvalue weighted by Crippen LogP contribution is 2.43. The zero-order valence-corrected chi connectivity index (χ0v) is 18.6. The van der Waals surface area contributed by atoms with E-state index in [-0.39, 0.29) is 36.2 Å². The van der Waals surface area contributed by atoms with Crippen molar-refractivity contribution in [1.82, 2.24) is 0 Å². The molecule has 0 aromatic carbocycles. The summed E-state index contributed by atoms with van der Waals surface area (Å²) in [7, 11) is 0. The Morgan fingerprint density at radius 3 is 2.50 bits per heavy atom. The predicted molar refractivity (Wildman–Crippen MR) is 112 cm³/mol. The summed E-state index contributed by atoms with van der Waals surface area (Å²) in [5, 5.41) is 10.1. The number of esters is 1. The standard InChI is InChI=1S/C23H43NO4/c1-6-15(5)23(26)28-21-13-17(24)12-16(7-2)22(21)18(14(3)4)8-9-20-19(25)10-11-27-20/h14-22,25H,6-13,24H2,1-5H3. The molecule has 0 bridgehead atoms. The summed E-state index contributed by atoms with van der Waals surface area (Å²) in [4.78, 5) is 12.6. The van der Waals surface area contributed by atoms with E-state index in [4.69, 9.17) is 15.2 Å². The molecule has 1 heterocycles. The molecular weight excluding hydrogens is 354 g/mol. The molecule has 0 aromatic rings. The molecule has 5 heteroatoms. The Balaban J connectivity index is 2.16. The first kappa shape index (κ1) is 23.6. The van der Waals surface area contributed by atoms with Crippen LogP contribution >= 0.6 is 0 Å². The van der Waals surface area contributed by atoms with Crippen molar-refractivity contribution in [3.63, 3.8) is 0 Å². The summed E-state index contributed by atoms with van der Waals surface area (Å²) < 4.78 is 11.8. The topological polar surface area (TPSA) is 81.8 Å². The minimum atomic E-state index is -0.339. The van der Waals surface area contributed by atoms with Crippen LogP contribution in [0.1, 0.15) is 79.6 Å². The molecule has 3 N–H and O–H groups in total. The number of carbonyl (C=O) groups is 1. The van der Waals surface area contributed by atoms with Crippen molar-refractivity contribution in [2.24, 2.45) is 35.3 Å². The number of aliphatic hydroxyl groups excluding tert-OH is 1. The fourth-order valence-corrected chi connectivity index (χ4v) is 5.26. The van der Waals surface area contributed by atoms with Crippen molar-refractivity contribution in [1.29, 1.82) is 0 Å². The Morgan fingerprint density at radius 2 is 1.96 bits per heavy atom. The highest BCUT2D eigenvalue weighted by Gasteiger charge is 2.43. The molecule has 2 fully saturated rings. The Hall–Kier alpha value is -0.650.